The molecule has 1 atom stereocenters. The molecule has 1 heterocycles. The molecule has 3 heteroatoms. The molecule has 1 aliphatic rings. The average Bonchev–Trinajstić information content (AvgIpc) is 2.86. The summed E-state index contributed by atoms with van der Waals surface area (Å²) in [7, 11) is 0. The van der Waals surface area contributed by atoms with E-state index in [9.17, 15) is 4.79 Å². The average molecular weight is 236 g/mol. The zero-order valence-corrected chi connectivity index (χ0v) is 10.4. The minimum atomic E-state index is 0.210. The topological polar surface area (TPSA) is 39.4 Å². The van der Waals surface area contributed by atoms with Crippen molar-refractivity contribution in [1.82, 2.24) is 0 Å². The van der Waals surface area contributed by atoms with Gasteiger partial charge in [0.15, 0.2) is 0 Å². The van der Waals surface area contributed by atoms with Gasteiger partial charge in [-0.25, -0.2) is 0 Å². The van der Waals surface area contributed by atoms with Crippen molar-refractivity contribution in [1.29, 1.82) is 0 Å². The molecule has 0 radical (unpaired) electrons. The maximum absolute atomic E-state index is 10.1. The molecular formula is C14H20O3. The van der Waals surface area contributed by atoms with Crippen molar-refractivity contribution >= 4 is 6.47 Å². The number of hydrogen-bond acceptors (Lipinski definition) is 3. The highest BCUT2D eigenvalue weighted by atomic mass is 16.5. The van der Waals surface area contributed by atoms with Crippen LogP contribution in [0.4, 0.5) is 0 Å². The Morgan fingerprint density at radius 1 is 1.47 bits per heavy atom. The molecule has 3 nitrogen and oxygen atoms in total. The first-order valence-corrected chi connectivity index (χ1v) is 6.45. The van der Waals surface area contributed by atoms with Gasteiger partial charge in [0.2, 0.25) is 0 Å². The van der Waals surface area contributed by atoms with E-state index in [1.807, 2.05) is 13.2 Å². The van der Waals surface area contributed by atoms with Crippen molar-refractivity contribution < 1.29 is 13.9 Å². The highest BCUT2D eigenvalue weighted by molar-refractivity contribution is 5.37. The largest absolute Gasteiger partial charge is 0.469 e. The van der Waals surface area contributed by atoms with Crippen LogP contribution in [-0.2, 0) is 9.53 Å². The number of furan rings is 1. The Labute approximate surface area is 102 Å². The fourth-order valence-electron chi connectivity index (χ4n) is 2.51. The SMILES string of the molecule is CC(COC=O)c1coc(C2CCCCC2)c1. The van der Waals surface area contributed by atoms with Crippen LogP contribution in [0.5, 0.6) is 0 Å². The maximum atomic E-state index is 10.1. The van der Waals surface area contributed by atoms with Crippen LogP contribution in [0.25, 0.3) is 0 Å². The zero-order valence-electron chi connectivity index (χ0n) is 10.4. The van der Waals surface area contributed by atoms with Gasteiger partial charge in [0.05, 0.1) is 12.9 Å². The van der Waals surface area contributed by atoms with Crippen molar-refractivity contribution in [2.45, 2.75) is 50.9 Å². The highest BCUT2D eigenvalue weighted by Gasteiger charge is 2.20. The lowest BCUT2D eigenvalue weighted by Crippen LogP contribution is -2.04. The van der Waals surface area contributed by atoms with Gasteiger partial charge in [0, 0.05) is 11.8 Å². The molecule has 0 spiro atoms. The van der Waals surface area contributed by atoms with Gasteiger partial charge >= 0.3 is 0 Å². The third-order valence-corrected chi connectivity index (χ3v) is 3.63. The van der Waals surface area contributed by atoms with Gasteiger partial charge in [-0.3, -0.25) is 4.79 Å². The number of carbonyl (C=O) groups excluding carboxylic acids is 1. The Morgan fingerprint density at radius 2 is 2.24 bits per heavy atom. The lowest BCUT2D eigenvalue weighted by Gasteiger charge is -2.19. The highest BCUT2D eigenvalue weighted by Crippen LogP contribution is 2.34. The van der Waals surface area contributed by atoms with Crippen LogP contribution in [-0.4, -0.2) is 13.1 Å². The Kier molecular flexibility index (Phi) is 4.24. The van der Waals surface area contributed by atoms with Gasteiger partial charge in [-0.05, 0) is 24.5 Å². The van der Waals surface area contributed by atoms with Crippen LogP contribution < -0.4 is 0 Å². The molecule has 0 aromatic carbocycles. The quantitative estimate of drug-likeness (QED) is 0.733. The molecule has 0 saturated heterocycles. The molecule has 1 aromatic heterocycles. The molecule has 0 amide bonds. The van der Waals surface area contributed by atoms with Gasteiger partial charge in [0.1, 0.15) is 5.76 Å². The van der Waals surface area contributed by atoms with Crippen molar-refractivity contribution in [3.8, 4) is 0 Å². The normalized spacial score (nSPS) is 18.9. The van der Waals surface area contributed by atoms with E-state index in [0.29, 0.717) is 19.0 Å². The van der Waals surface area contributed by atoms with Gasteiger partial charge in [-0.1, -0.05) is 26.2 Å². The molecule has 0 bridgehead atoms. The van der Waals surface area contributed by atoms with Crippen molar-refractivity contribution in [2.24, 2.45) is 0 Å². The lowest BCUT2D eigenvalue weighted by atomic mass is 9.87. The van der Waals surface area contributed by atoms with Crippen LogP contribution >= 0.6 is 0 Å². The van der Waals surface area contributed by atoms with E-state index in [0.717, 1.165) is 11.3 Å². The number of hydrogen-bond donors (Lipinski definition) is 0. The van der Waals surface area contributed by atoms with Crippen molar-refractivity contribution in [3.05, 3.63) is 23.7 Å². The Morgan fingerprint density at radius 3 is 2.94 bits per heavy atom. The van der Waals surface area contributed by atoms with Crippen LogP contribution in [0.15, 0.2) is 16.7 Å². The number of rotatable bonds is 5. The number of carbonyl (C=O) groups is 1. The fraction of sp³-hybridized carbons (Fsp3) is 0.643. The van der Waals surface area contributed by atoms with E-state index in [2.05, 4.69) is 6.07 Å². The minimum absolute atomic E-state index is 0.210. The minimum Gasteiger partial charge on any atom is -0.469 e. The molecule has 1 aromatic rings. The van der Waals surface area contributed by atoms with Crippen molar-refractivity contribution in [2.75, 3.05) is 6.61 Å². The summed E-state index contributed by atoms with van der Waals surface area (Å²) in [5.74, 6) is 1.91. The Balaban J connectivity index is 1.96. The lowest BCUT2D eigenvalue weighted by molar-refractivity contribution is -0.129. The van der Waals surface area contributed by atoms with E-state index < -0.39 is 0 Å². The molecule has 94 valence electrons. The fourth-order valence-corrected chi connectivity index (χ4v) is 2.51. The third-order valence-electron chi connectivity index (χ3n) is 3.63. The third kappa shape index (κ3) is 3.11. The second-order valence-electron chi connectivity index (χ2n) is 4.95. The summed E-state index contributed by atoms with van der Waals surface area (Å²) in [6, 6.07) is 2.13. The van der Waals surface area contributed by atoms with Crippen LogP contribution in [0, 0.1) is 0 Å². The van der Waals surface area contributed by atoms with Crippen LogP contribution in [0.3, 0.4) is 0 Å². The van der Waals surface area contributed by atoms with E-state index >= 15 is 0 Å². The van der Waals surface area contributed by atoms with E-state index in [1.54, 1.807) is 0 Å². The van der Waals surface area contributed by atoms with Gasteiger partial charge in [-0.15, -0.1) is 0 Å². The zero-order chi connectivity index (χ0) is 12.1. The molecule has 0 N–H and O–H groups in total. The molecule has 1 saturated carbocycles. The molecule has 0 aliphatic heterocycles. The summed E-state index contributed by atoms with van der Waals surface area (Å²) in [5, 5.41) is 0. The molecule has 17 heavy (non-hydrogen) atoms. The summed E-state index contributed by atoms with van der Waals surface area (Å²) in [6.45, 7) is 2.96. The second kappa shape index (κ2) is 5.89. The molecular weight excluding hydrogens is 216 g/mol. The summed E-state index contributed by atoms with van der Waals surface area (Å²) >= 11 is 0. The summed E-state index contributed by atoms with van der Waals surface area (Å²) in [4.78, 5) is 10.1. The first-order chi connectivity index (χ1) is 8.31. The van der Waals surface area contributed by atoms with E-state index in [4.69, 9.17) is 9.15 Å². The number of ether oxygens (including phenoxy) is 1. The van der Waals surface area contributed by atoms with Crippen LogP contribution in [0.2, 0.25) is 0 Å². The monoisotopic (exact) mass is 236 g/mol. The predicted octanol–water partition coefficient (Wildman–Crippen LogP) is 3.60. The van der Waals surface area contributed by atoms with Gasteiger partial charge < -0.3 is 9.15 Å². The second-order valence-corrected chi connectivity index (χ2v) is 4.95. The summed E-state index contributed by atoms with van der Waals surface area (Å²) in [6.07, 6.45) is 8.27. The van der Waals surface area contributed by atoms with E-state index in [1.165, 1.54) is 32.1 Å². The molecule has 1 fully saturated rings. The van der Waals surface area contributed by atoms with Gasteiger partial charge in [-0.2, -0.15) is 0 Å². The molecule has 1 unspecified atom stereocenters. The first-order valence-electron chi connectivity index (χ1n) is 6.45. The van der Waals surface area contributed by atoms with Crippen molar-refractivity contribution in [3.63, 3.8) is 0 Å². The molecule has 1 aliphatic carbocycles. The predicted molar refractivity (Wildman–Crippen MR) is 65.0 cm³/mol. The van der Waals surface area contributed by atoms with E-state index in [-0.39, 0.29) is 5.92 Å². The standard InChI is InChI=1S/C14H20O3/c1-11(8-16-10-15)13-7-14(17-9-13)12-5-3-2-4-6-12/h7,9-12H,2-6,8H2,1H3. The van der Waals surface area contributed by atoms with Crippen LogP contribution in [0.1, 0.15) is 62.2 Å². The Bertz CT molecular complexity index is 350. The Hall–Kier alpha value is -1.25. The molecule has 2 rings (SSSR count). The smallest absolute Gasteiger partial charge is 0.293 e. The summed E-state index contributed by atoms with van der Waals surface area (Å²) < 4.78 is 10.4. The maximum Gasteiger partial charge on any atom is 0.293 e. The summed E-state index contributed by atoms with van der Waals surface area (Å²) in [5.41, 5.74) is 1.13. The first kappa shape index (κ1) is 12.2. The van der Waals surface area contributed by atoms with Gasteiger partial charge in [0.25, 0.3) is 6.47 Å².